The predicted molar refractivity (Wildman–Crippen MR) is 80.8 cm³/mol. The van der Waals surface area contributed by atoms with Crippen molar-refractivity contribution in [2.75, 3.05) is 6.54 Å². The zero-order chi connectivity index (χ0) is 15.0. The maximum atomic E-state index is 12.4. The summed E-state index contributed by atoms with van der Waals surface area (Å²) in [7, 11) is 0. The van der Waals surface area contributed by atoms with Gasteiger partial charge in [-0.15, -0.1) is 0 Å². The topological polar surface area (TPSA) is 104 Å². The second-order valence-electron chi connectivity index (χ2n) is 5.92. The predicted octanol–water partition coefficient (Wildman–Crippen LogP) is 1.16. The van der Waals surface area contributed by atoms with Crippen molar-refractivity contribution in [3.05, 3.63) is 34.2 Å². The number of amides is 1. The lowest BCUT2D eigenvalue weighted by Crippen LogP contribution is -2.50. The SMILES string of the molecule is CC(NC(=O)C1(CN)CCC1)c1ccc2[nH]c(=O)[nH]c2c1. The van der Waals surface area contributed by atoms with Gasteiger partial charge in [-0.2, -0.15) is 0 Å². The number of carbonyl (C=O) groups is 1. The number of benzene rings is 1. The lowest BCUT2D eigenvalue weighted by molar-refractivity contribution is -0.135. The summed E-state index contributed by atoms with van der Waals surface area (Å²) in [6.45, 7) is 2.34. The highest BCUT2D eigenvalue weighted by Crippen LogP contribution is 2.40. The van der Waals surface area contributed by atoms with E-state index in [-0.39, 0.29) is 23.1 Å². The summed E-state index contributed by atoms with van der Waals surface area (Å²) in [5.74, 6) is 0.0337. The first-order valence-corrected chi connectivity index (χ1v) is 7.27. The molecule has 1 aliphatic carbocycles. The maximum Gasteiger partial charge on any atom is 0.323 e. The van der Waals surface area contributed by atoms with Crippen LogP contribution in [0.15, 0.2) is 23.0 Å². The number of H-pyrrole nitrogens is 2. The minimum atomic E-state index is -0.374. The highest BCUT2D eigenvalue weighted by Gasteiger charge is 2.43. The number of aromatic nitrogens is 2. The van der Waals surface area contributed by atoms with E-state index in [1.807, 2.05) is 25.1 Å². The smallest absolute Gasteiger partial charge is 0.323 e. The molecule has 2 aromatic rings. The number of imidazole rings is 1. The van der Waals surface area contributed by atoms with Gasteiger partial charge in [-0.1, -0.05) is 12.5 Å². The van der Waals surface area contributed by atoms with Crippen LogP contribution in [0.1, 0.15) is 37.8 Å². The van der Waals surface area contributed by atoms with E-state index in [1.54, 1.807) is 0 Å². The fourth-order valence-electron chi connectivity index (χ4n) is 2.88. The molecule has 1 aromatic carbocycles. The molecule has 6 heteroatoms. The third kappa shape index (κ3) is 2.35. The molecule has 1 saturated carbocycles. The quantitative estimate of drug-likeness (QED) is 0.678. The summed E-state index contributed by atoms with van der Waals surface area (Å²) in [4.78, 5) is 29.1. The van der Waals surface area contributed by atoms with Gasteiger partial charge in [-0.25, -0.2) is 4.79 Å². The number of nitrogens with two attached hydrogens (primary N) is 1. The van der Waals surface area contributed by atoms with Crippen LogP contribution in [0.3, 0.4) is 0 Å². The molecule has 6 nitrogen and oxygen atoms in total. The summed E-state index contributed by atoms with van der Waals surface area (Å²) in [6, 6.07) is 5.51. The van der Waals surface area contributed by atoms with Gasteiger partial charge < -0.3 is 21.0 Å². The molecule has 1 unspecified atom stereocenters. The Kier molecular flexibility index (Phi) is 3.33. The Morgan fingerprint density at radius 2 is 2.10 bits per heavy atom. The van der Waals surface area contributed by atoms with Gasteiger partial charge in [0.15, 0.2) is 0 Å². The van der Waals surface area contributed by atoms with E-state index in [4.69, 9.17) is 5.73 Å². The highest BCUT2D eigenvalue weighted by atomic mass is 16.2. The van der Waals surface area contributed by atoms with E-state index < -0.39 is 0 Å². The molecular weight excluding hydrogens is 268 g/mol. The first-order chi connectivity index (χ1) is 10.0. The minimum absolute atomic E-state index is 0.0337. The molecule has 0 saturated heterocycles. The van der Waals surface area contributed by atoms with E-state index in [9.17, 15) is 9.59 Å². The Balaban J connectivity index is 1.78. The summed E-state index contributed by atoms with van der Waals surface area (Å²) < 4.78 is 0. The summed E-state index contributed by atoms with van der Waals surface area (Å²) in [6.07, 6.45) is 2.80. The Morgan fingerprint density at radius 1 is 1.38 bits per heavy atom. The molecule has 21 heavy (non-hydrogen) atoms. The molecule has 0 aliphatic heterocycles. The molecule has 0 radical (unpaired) electrons. The van der Waals surface area contributed by atoms with E-state index in [1.165, 1.54) is 0 Å². The average Bonchev–Trinajstić information content (AvgIpc) is 2.76. The molecule has 5 N–H and O–H groups in total. The molecule has 1 atom stereocenters. The van der Waals surface area contributed by atoms with Crippen LogP contribution in [0.2, 0.25) is 0 Å². The van der Waals surface area contributed by atoms with Crippen molar-refractivity contribution in [2.24, 2.45) is 11.1 Å². The first-order valence-electron chi connectivity index (χ1n) is 7.27. The van der Waals surface area contributed by atoms with Crippen LogP contribution in [0.25, 0.3) is 11.0 Å². The van der Waals surface area contributed by atoms with Gasteiger partial charge in [0.1, 0.15) is 0 Å². The molecule has 0 bridgehead atoms. The van der Waals surface area contributed by atoms with Crippen molar-refractivity contribution in [3.63, 3.8) is 0 Å². The molecule has 1 heterocycles. The number of rotatable bonds is 4. The Bertz CT molecular complexity index is 721. The van der Waals surface area contributed by atoms with Crippen molar-refractivity contribution in [1.82, 2.24) is 15.3 Å². The van der Waals surface area contributed by atoms with Gasteiger partial charge in [0.2, 0.25) is 5.91 Å². The molecule has 112 valence electrons. The molecule has 3 rings (SSSR count). The largest absolute Gasteiger partial charge is 0.349 e. The van der Waals surface area contributed by atoms with Gasteiger partial charge in [-0.05, 0) is 37.5 Å². The number of nitrogens with one attached hydrogen (secondary N) is 3. The monoisotopic (exact) mass is 288 g/mol. The number of hydrogen-bond acceptors (Lipinski definition) is 3. The molecule has 0 spiro atoms. The maximum absolute atomic E-state index is 12.4. The third-order valence-electron chi connectivity index (χ3n) is 4.57. The second-order valence-corrected chi connectivity index (χ2v) is 5.92. The van der Waals surface area contributed by atoms with Gasteiger partial charge in [-0.3, -0.25) is 4.79 Å². The standard InChI is InChI=1S/C15H20N4O2/c1-9(17-13(20)15(8-16)5-2-6-15)10-3-4-11-12(7-10)19-14(21)18-11/h3-4,7,9H,2,5-6,8,16H2,1H3,(H,17,20)(H2,18,19,21). The van der Waals surface area contributed by atoms with Gasteiger partial charge in [0, 0.05) is 6.54 Å². The zero-order valence-electron chi connectivity index (χ0n) is 12.0. The Labute approximate surface area is 122 Å². The normalized spacial score (nSPS) is 18.2. The summed E-state index contributed by atoms with van der Waals surface area (Å²) >= 11 is 0. The van der Waals surface area contributed by atoms with E-state index in [0.717, 1.165) is 35.9 Å². The summed E-state index contributed by atoms with van der Waals surface area (Å²) in [5.41, 5.74) is 7.62. The first kappa shape index (κ1) is 13.9. The number of aromatic amines is 2. The van der Waals surface area contributed by atoms with Crippen LogP contribution in [0.5, 0.6) is 0 Å². The number of hydrogen-bond donors (Lipinski definition) is 4. The highest BCUT2D eigenvalue weighted by molar-refractivity contribution is 5.84. The fraction of sp³-hybridized carbons (Fsp3) is 0.467. The van der Waals surface area contributed by atoms with E-state index in [0.29, 0.717) is 6.54 Å². The average molecular weight is 288 g/mol. The summed E-state index contributed by atoms with van der Waals surface area (Å²) in [5, 5.41) is 3.04. The minimum Gasteiger partial charge on any atom is -0.349 e. The number of fused-ring (bicyclic) bond motifs is 1. The third-order valence-corrected chi connectivity index (χ3v) is 4.57. The lowest BCUT2D eigenvalue weighted by atomic mass is 9.68. The molecule has 1 fully saturated rings. The molecule has 1 aliphatic rings. The van der Waals surface area contributed by atoms with Crippen molar-refractivity contribution < 1.29 is 4.79 Å². The van der Waals surface area contributed by atoms with Crippen molar-refractivity contribution in [2.45, 2.75) is 32.2 Å². The molecule has 1 amide bonds. The molecular formula is C15H20N4O2. The second kappa shape index (κ2) is 5.04. The van der Waals surface area contributed by atoms with Crippen LogP contribution in [-0.4, -0.2) is 22.4 Å². The van der Waals surface area contributed by atoms with Gasteiger partial charge in [0.05, 0.1) is 22.5 Å². The van der Waals surface area contributed by atoms with Crippen molar-refractivity contribution in [3.8, 4) is 0 Å². The van der Waals surface area contributed by atoms with E-state index in [2.05, 4.69) is 15.3 Å². The van der Waals surface area contributed by atoms with Crippen molar-refractivity contribution >= 4 is 16.9 Å². The fourth-order valence-corrected chi connectivity index (χ4v) is 2.88. The van der Waals surface area contributed by atoms with Crippen molar-refractivity contribution in [1.29, 1.82) is 0 Å². The Hall–Kier alpha value is -2.08. The van der Waals surface area contributed by atoms with E-state index >= 15 is 0 Å². The van der Waals surface area contributed by atoms with Crippen LogP contribution in [0.4, 0.5) is 0 Å². The number of carbonyl (C=O) groups excluding carboxylic acids is 1. The van der Waals surface area contributed by atoms with Crippen LogP contribution in [0, 0.1) is 5.41 Å². The van der Waals surface area contributed by atoms with Gasteiger partial charge in [0.25, 0.3) is 0 Å². The lowest BCUT2D eigenvalue weighted by Gasteiger charge is -2.39. The van der Waals surface area contributed by atoms with Gasteiger partial charge >= 0.3 is 5.69 Å². The Morgan fingerprint density at radius 3 is 2.71 bits per heavy atom. The van der Waals surface area contributed by atoms with Crippen LogP contribution in [-0.2, 0) is 4.79 Å². The zero-order valence-corrected chi connectivity index (χ0v) is 12.0. The molecule has 1 aromatic heterocycles. The van der Waals surface area contributed by atoms with Crippen LogP contribution >= 0.6 is 0 Å². The van der Waals surface area contributed by atoms with Crippen LogP contribution < -0.4 is 16.7 Å².